The first-order valence-corrected chi connectivity index (χ1v) is 7.63. The lowest BCUT2D eigenvalue weighted by atomic mass is 9.99. The van der Waals surface area contributed by atoms with Gasteiger partial charge in [0.15, 0.2) is 0 Å². The average Bonchev–Trinajstić information content (AvgIpc) is 2.38. The van der Waals surface area contributed by atoms with E-state index in [2.05, 4.69) is 11.7 Å². The molecule has 0 N–H and O–H groups in total. The molecule has 5 heteroatoms. The molecule has 1 amide bonds. The summed E-state index contributed by atoms with van der Waals surface area (Å²) < 4.78 is 4.65. The van der Waals surface area contributed by atoms with E-state index < -0.39 is 0 Å². The zero-order valence-corrected chi connectivity index (χ0v) is 12.3. The first-order chi connectivity index (χ1) is 8.54. The zero-order valence-electron chi connectivity index (χ0n) is 11.5. The largest absolute Gasteiger partial charge is 0.469 e. The number of carbonyl (C=O) groups is 2. The van der Waals surface area contributed by atoms with Crippen molar-refractivity contribution in [3.63, 3.8) is 0 Å². The van der Waals surface area contributed by atoms with Gasteiger partial charge in [-0.1, -0.05) is 13.8 Å². The van der Waals surface area contributed by atoms with Gasteiger partial charge in [0.05, 0.1) is 18.8 Å². The molecular weight excluding hydrogens is 250 g/mol. The van der Waals surface area contributed by atoms with E-state index in [1.165, 1.54) is 18.9 Å². The number of hydrogen-bond donors (Lipinski definition) is 0. The standard InChI is InChI=1S/C13H23NO3S/c1-10-4-6-14(7-5-10)12(15)9-18-8-11(2)13(16)17-3/h10-11H,4-9H2,1-3H3. The molecule has 0 spiro atoms. The van der Waals surface area contributed by atoms with Gasteiger partial charge < -0.3 is 9.64 Å². The molecule has 4 nitrogen and oxygen atoms in total. The molecule has 1 saturated heterocycles. The maximum atomic E-state index is 11.9. The monoisotopic (exact) mass is 273 g/mol. The molecule has 0 radical (unpaired) electrons. The Bertz CT molecular complexity index is 288. The number of esters is 1. The van der Waals surface area contributed by atoms with E-state index >= 15 is 0 Å². The maximum Gasteiger partial charge on any atom is 0.309 e. The van der Waals surface area contributed by atoms with Crippen LogP contribution in [0.1, 0.15) is 26.7 Å². The van der Waals surface area contributed by atoms with Crippen LogP contribution >= 0.6 is 11.8 Å². The number of piperidine rings is 1. The Balaban J connectivity index is 2.19. The highest BCUT2D eigenvalue weighted by atomic mass is 32.2. The van der Waals surface area contributed by atoms with Crippen molar-refractivity contribution in [3.05, 3.63) is 0 Å². The summed E-state index contributed by atoms with van der Waals surface area (Å²) in [6.45, 7) is 5.82. The van der Waals surface area contributed by atoms with Crippen LogP contribution in [0.2, 0.25) is 0 Å². The number of likely N-dealkylation sites (tertiary alicyclic amines) is 1. The van der Waals surface area contributed by atoms with Crippen molar-refractivity contribution in [3.8, 4) is 0 Å². The summed E-state index contributed by atoms with van der Waals surface area (Å²) in [6, 6.07) is 0. The van der Waals surface area contributed by atoms with Crippen LogP contribution in [0, 0.1) is 11.8 Å². The van der Waals surface area contributed by atoms with Crippen molar-refractivity contribution in [1.29, 1.82) is 0 Å². The predicted molar refractivity (Wildman–Crippen MR) is 73.5 cm³/mol. The fourth-order valence-corrected chi connectivity index (χ4v) is 2.91. The Kier molecular flexibility index (Phi) is 6.54. The molecule has 1 aliphatic rings. The molecule has 0 saturated carbocycles. The van der Waals surface area contributed by atoms with Gasteiger partial charge in [0.25, 0.3) is 0 Å². The molecule has 1 rings (SSSR count). The highest BCUT2D eigenvalue weighted by molar-refractivity contribution is 7.99. The van der Waals surface area contributed by atoms with E-state index in [0.29, 0.717) is 11.5 Å². The highest BCUT2D eigenvalue weighted by Gasteiger charge is 2.20. The number of rotatable bonds is 5. The number of ether oxygens (including phenoxy) is 1. The summed E-state index contributed by atoms with van der Waals surface area (Å²) in [6.07, 6.45) is 2.21. The molecule has 1 fully saturated rings. The number of nitrogens with zero attached hydrogens (tertiary/aromatic N) is 1. The fraction of sp³-hybridized carbons (Fsp3) is 0.846. The molecule has 0 bridgehead atoms. The van der Waals surface area contributed by atoms with Crippen molar-refractivity contribution in [2.45, 2.75) is 26.7 Å². The van der Waals surface area contributed by atoms with E-state index in [1.807, 2.05) is 11.8 Å². The average molecular weight is 273 g/mol. The third kappa shape index (κ3) is 4.88. The molecule has 104 valence electrons. The van der Waals surface area contributed by atoms with Gasteiger partial charge in [-0.15, -0.1) is 0 Å². The maximum absolute atomic E-state index is 11.9. The summed E-state index contributed by atoms with van der Waals surface area (Å²) in [4.78, 5) is 25.0. The third-order valence-electron chi connectivity index (χ3n) is 3.33. The van der Waals surface area contributed by atoms with Gasteiger partial charge in [-0.3, -0.25) is 9.59 Å². The molecule has 1 atom stereocenters. The third-order valence-corrected chi connectivity index (χ3v) is 4.52. The minimum Gasteiger partial charge on any atom is -0.469 e. The summed E-state index contributed by atoms with van der Waals surface area (Å²) in [5, 5.41) is 0. The van der Waals surface area contributed by atoms with E-state index in [-0.39, 0.29) is 17.8 Å². The van der Waals surface area contributed by atoms with Crippen LogP contribution in [0.15, 0.2) is 0 Å². The predicted octanol–water partition coefficient (Wildman–Crippen LogP) is 1.79. The lowest BCUT2D eigenvalue weighted by molar-refractivity contribution is -0.144. The second kappa shape index (κ2) is 7.67. The molecule has 0 aromatic rings. The fourth-order valence-electron chi connectivity index (χ4n) is 1.94. The summed E-state index contributed by atoms with van der Waals surface area (Å²) in [5.74, 6) is 1.69. The second-order valence-corrected chi connectivity index (χ2v) is 6.03. The summed E-state index contributed by atoms with van der Waals surface area (Å²) in [5.41, 5.74) is 0. The number of amides is 1. The van der Waals surface area contributed by atoms with Crippen LogP contribution in [0.5, 0.6) is 0 Å². The normalized spacial score (nSPS) is 18.5. The van der Waals surface area contributed by atoms with Gasteiger partial charge in [0, 0.05) is 18.8 Å². The topological polar surface area (TPSA) is 46.6 Å². The Morgan fingerprint density at radius 2 is 2.00 bits per heavy atom. The molecular formula is C13H23NO3S. The summed E-state index contributed by atoms with van der Waals surface area (Å²) in [7, 11) is 1.39. The van der Waals surface area contributed by atoms with Crippen molar-refractivity contribution in [2.24, 2.45) is 11.8 Å². The van der Waals surface area contributed by atoms with Crippen molar-refractivity contribution in [2.75, 3.05) is 31.7 Å². The molecule has 0 aromatic carbocycles. The van der Waals surface area contributed by atoms with Gasteiger partial charge in [-0.25, -0.2) is 0 Å². The number of methoxy groups -OCH3 is 1. The van der Waals surface area contributed by atoms with Gasteiger partial charge >= 0.3 is 5.97 Å². The Morgan fingerprint density at radius 1 is 1.39 bits per heavy atom. The first kappa shape index (κ1) is 15.3. The van der Waals surface area contributed by atoms with Crippen molar-refractivity contribution in [1.82, 2.24) is 4.90 Å². The van der Waals surface area contributed by atoms with Gasteiger partial charge in [-0.05, 0) is 18.8 Å². The van der Waals surface area contributed by atoms with E-state index in [4.69, 9.17) is 0 Å². The molecule has 1 heterocycles. The summed E-state index contributed by atoms with van der Waals surface area (Å²) >= 11 is 1.52. The van der Waals surface area contributed by atoms with Gasteiger partial charge in [0.1, 0.15) is 0 Å². The molecule has 0 aliphatic carbocycles. The number of hydrogen-bond acceptors (Lipinski definition) is 4. The molecule has 0 aromatic heterocycles. The lowest BCUT2D eigenvalue weighted by Crippen LogP contribution is -2.39. The lowest BCUT2D eigenvalue weighted by Gasteiger charge is -2.30. The van der Waals surface area contributed by atoms with E-state index in [9.17, 15) is 9.59 Å². The van der Waals surface area contributed by atoms with Gasteiger partial charge in [-0.2, -0.15) is 11.8 Å². The quantitative estimate of drug-likeness (QED) is 0.716. The van der Waals surface area contributed by atoms with E-state index in [0.717, 1.165) is 31.8 Å². The molecule has 18 heavy (non-hydrogen) atoms. The smallest absolute Gasteiger partial charge is 0.309 e. The van der Waals surface area contributed by atoms with Crippen LogP contribution in [0.25, 0.3) is 0 Å². The van der Waals surface area contributed by atoms with Crippen LogP contribution < -0.4 is 0 Å². The number of carbonyl (C=O) groups excluding carboxylic acids is 2. The van der Waals surface area contributed by atoms with E-state index in [1.54, 1.807) is 0 Å². The molecule has 1 unspecified atom stereocenters. The Morgan fingerprint density at radius 3 is 2.56 bits per heavy atom. The Labute approximate surface area is 113 Å². The van der Waals surface area contributed by atoms with Crippen LogP contribution in [-0.4, -0.2) is 48.5 Å². The van der Waals surface area contributed by atoms with Crippen LogP contribution in [-0.2, 0) is 14.3 Å². The SMILES string of the molecule is COC(=O)C(C)CSCC(=O)N1CCC(C)CC1. The van der Waals surface area contributed by atoms with Crippen molar-refractivity contribution < 1.29 is 14.3 Å². The number of thioether (sulfide) groups is 1. The Hall–Kier alpha value is -0.710. The van der Waals surface area contributed by atoms with Crippen molar-refractivity contribution >= 4 is 23.6 Å². The second-order valence-electron chi connectivity index (χ2n) is 5.00. The minimum atomic E-state index is -0.207. The highest BCUT2D eigenvalue weighted by Crippen LogP contribution is 2.17. The first-order valence-electron chi connectivity index (χ1n) is 6.48. The van der Waals surface area contributed by atoms with Crippen LogP contribution in [0.4, 0.5) is 0 Å². The van der Waals surface area contributed by atoms with Gasteiger partial charge in [0.2, 0.25) is 5.91 Å². The zero-order chi connectivity index (χ0) is 13.5. The molecule has 1 aliphatic heterocycles. The minimum absolute atomic E-state index is 0.144. The van der Waals surface area contributed by atoms with Crippen LogP contribution in [0.3, 0.4) is 0 Å².